The second-order valence-corrected chi connectivity index (χ2v) is 5.31. The van der Waals surface area contributed by atoms with Crippen LogP contribution in [0.2, 0.25) is 5.02 Å². The number of nitrogens with zero attached hydrogens (tertiary/aromatic N) is 1. The van der Waals surface area contributed by atoms with E-state index in [9.17, 15) is 0 Å². The molecule has 0 saturated heterocycles. The first-order valence-electron chi connectivity index (χ1n) is 6.55. The predicted octanol–water partition coefficient (Wildman–Crippen LogP) is 4.81. The number of aromatic nitrogens is 1. The summed E-state index contributed by atoms with van der Waals surface area (Å²) in [6.45, 7) is 2.85. The molecule has 0 aliphatic rings. The number of nitrogens with one attached hydrogen (secondary N) is 1. The average Bonchev–Trinajstić information content (AvgIpc) is 2.46. The number of rotatable bonds is 3. The van der Waals surface area contributed by atoms with Crippen molar-refractivity contribution in [1.29, 1.82) is 0 Å². The number of aryl methyl sites for hydroxylation is 1. The molecule has 0 atom stereocenters. The Morgan fingerprint density at radius 1 is 1.05 bits per heavy atom. The molecule has 1 N–H and O–H groups in total. The maximum atomic E-state index is 5.97. The van der Waals surface area contributed by atoms with Crippen LogP contribution in [0.15, 0.2) is 54.9 Å². The van der Waals surface area contributed by atoms with Gasteiger partial charge in [0.25, 0.3) is 0 Å². The number of pyridine rings is 1. The van der Waals surface area contributed by atoms with Crippen molar-refractivity contribution < 1.29 is 0 Å². The summed E-state index contributed by atoms with van der Waals surface area (Å²) in [6.07, 6.45) is 3.71. The van der Waals surface area contributed by atoms with E-state index < -0.39 is 0 Å². The summed E-state index contributed by atoms with van der Waals surface area (Å²) in [5.41, 5.74) is 3.52. The van der Waals surface area contributed by atoms with Crippen molar-refractivity contribution in [2.75, 3.05) is 5.32 Å². The average molecular weight is 283 g/mol. The van der Waals surface area contributed by atoms with E-state index in [4.69, 9.17) is 11.6 Å². The van der Waals surface area contributed by atoms with Gasteiger partial charge in [0.05, 0.1) is 0 Å². The van der Waals surface area contributed by atoms with Gasteiger partial charge in [-0.2, -0.15) is 0 Å². The van der Waals surface area contributed by atoms with Crippen molar-refractivity contribution in [2.24, 2.45) is 0 Å². The molecule has 3 heteroatoms. The van der Waals surface area contributed by atoms with Crippen LogP contribution in [0.4, 0.5) is 5.69 Å². The maximum absolute atomic E-state index is 5.97. The monoisotopic (exact) mass is 282 g/mol. The molecule has 0 amide bonds. The van der Waals surface area contributed by atoms with Gasteiger partial charge in [0.1, 0.15) is 0 Å². The minimum Gasteiger partial charge on any atom is -0.381 e. The molecule has 3 rings (SSSR count). The van der Waals surface area contributed by atoms with Gasteiger partial charge in [-0.1, -0.05) is 23.7 Å². The molecule has 2 nitrogen and oxygen atoms in total. The molecule has 0 fully saturated rings. The highest BCUT2D eigenvalue weighted by atomic mass is 35.5. The first-order chi connectivity index (χ1) is 9.72. The van der Waals surface area contributed by atoms with E-state index in [2.05, 4.69) is 35.4 Å². The molecule has 1 aromatic heterocycles. The Labute approximate surface area is 123 Å². The van der Waals surface area contributed by atoms with Crippen molar-refractivity contribution in [2.45, 2.75) is 13.5 Å². The van der Waals surface area contributed by atoms with Crippen LogP contribution in [0.3, 0.4) is 0 Å². The summed E-state index contributed by atoms with van der Waals surface area (Å²) >= 11 is 5.97. The van der Waals surface area contributed by atoms with Gasteiger partial charge in [0.15, 0.2) is 0 Å². The molecule has 0 unspecified atom stereocenters. The van der Waals surface area contributed by atoms with Crippen LogP contribution in [-0.4, -0.2) is 4.98 Å². The normalized spacial score (nSPS) is 10.7. The highest BCUT2D eigenvalue weighted by molar-refractivity contribution is 6.30. The van der Waals surface area contributed by atoms with Crippen LogP contribution in [-0.2, 0) is 6.54 Å². The van der Waals surface area contributed by atoms with Gasteiger partial charge in [-0.25, -0.2) is 0 Å². The number of hydrogen-bond donors (Lipinski definition) is 1. The van der Waals surface area contributed by atoms with Crippen LogP contribution >= 0.6 is 11.6 Å². The SMILES string of the molecule is Cc1cc(Cl)ccc1NCc1ccc2cnccc2c1. The van der Waals surface area contributed by atoms with E-state index in [1.165, 1.54) is 16.3 Å². The summed E-state index contributed by atoms with van der Waals surface area (Å²) in [5.74, 6) is 0. The lowest BCUT2D eigenvalue weighted by Crippen LogP contribution is -2.00. The smallest absolute Gasteiger partial charge is 0.0410 e. The van der Waals surface area contributed by atoms with Gasteiger partial charge in [-0.3, -0.25) is 4.98 Å². The molecular weight excluding hydrogens is 268 g/mol. The summed E-state index contributed by atoms with van der Waals surface area (Å²) in [6, 6.07) is 14.3. The van der Waals surface area contributed by atoms with E-state index in [-0.39, 0.29) is 0 Å². The van der Waals surface area contributed by atoms with Crippen LogP contribution in [0.1, 0.15) is 11.1 Å². The fourth-order valence-corrected chi connectivity index (χ4v) is 2.49. The fourth-order valence-electron chi connectivity index (χ4n) is 2.27. The largest absolute Gasteiger partial charge is 0.381 e. The van der Waals surface area contributed by atoms with Gasteiger partial charge < -0.3 is 5.32 Å². The van der Waals surface area contributed by atoms with E-state index in [1.807, 2.05) is 36.7 Å². The van der Waals surface area contributed by atoms with E-state index >= 15 is 0 Å². The number of hydrogen-bond acceptors (Lipinski definition) is 2. The Bertz CT molecular complexity index is 753. The van der Waals surface area contributed by atoms with Crippen LogP contribution in [0.25, 0.3) is 10.8 Å². The lowest BCUT2D eigenvalue weighted by Gasteiger charge is -2.10. The lowest BCUT2D eigenvalue weighted by atomic mass is 10.1. The molecule has 0 aliphatic carbocycles. The molecule has 0 spiro atoms. The van der Waals surface area contributed by atoms with Gasteiger partial charge in [0.2, 0.25) is 0 Å². The predicted molar refractivity (Wildman–Crippen MR) is 85.3 cm³/mol. The van der Waals surface area contributed by atoms with E-state index in [0.717, 1.165) is 22.8 Å². The second kappa shape index (κ2) is 5.51. The Kier molecular flexibility index (Phi) is 3.57. The summed E-state index contributed by atoms with van der Waals surface area (Å²) in [5, 5.41) is 6.60. The topological polar surface area (TPSA) is 24.9 Å². The lowest BCUT2D eigenvalue weighted by molar-refractivity contribution is 1.14. The molecule has 0 bridgehead atoms. The molecule has 2 aromatic carbocycles. The third-order valence-corrected chi connectivity index (χ3v) is 3.61. The van der Waals surface area contributed by atoms with Crippen LogP contribution < -0.4 is 5.32 Å². The van der Waals surface area contributed by atoms with Gasteiger partial charge in [0, 0.05) is 35.0 Å². The highest BCUT2D eigenvalue weighted by Crippen LogP contribution is 2.21. The van der Waals surface area contributed by atoms with Gasteiger partial charge in [-0.15, -0.1) is 0 Å². The zero-order valence-electron chi connectivity index (χ0n) is 11.2. The summed E-state index contributed by atoms with van der Waals surface area (Å²) in [4.78, 5) is 4.13. The van der Waals surface area contributed by atoms with Crippen molar-refractivity contribution >= 4 is 28.1 Å². The highest BCUT2D eigenvalue weighted by Gasteiger charge is 2.00. The number of benzene rings is 2. The third-order valence-electron chi connectivity index (χ3n) is 3.38. The zero-order chi connectivity index (χ0) is 13.9. The number of fused-ring (bicyclic) bond motifs is 1. The van der Waals surface area contributed by atoms with Crippen molar-refractivity contribution in [3.63, 3.8) is 0 Å². The quantitative estimate of drug-likeness (QED) is 0.746. The van der Waals surface area contributed by atoms with Crippen LogP contribution in [0.5, 0.6) is 0 Å². The Hall–Kier alpha value is -2.06. The van der Waals surface area contributed by atoms with E-state index in [0.29, 0.717) is 0 Å². The Balaban J connectivity index is 1.79. The van der Waals surface area contributed by atoms with Gasteiger partial charge in [-0.05, 0) is 53.8 Å². The Morgan fingerprint density at radius 2 is 1.95 bits per heavy atom. The van der Waals surface area contributed by atoms with Crippen molar-refractivity contribution in [3.8, 4) is 0 Å². The molecule has 100 valence electrons. The van der Waals surface area contributed by atoms with Crippen molar-refractivity contribution in [1.82, 2.24) is 4.98 Å². The molecule has 20 heavy (non-hydrogen) atoms. The number of anilines is 1. The fraction of sp³-hybridized carbons (Fsp3) is 0.118. The van der Waals surface area contributed by atoms with Crippen LogP contribution in [0, 0.1) is 6.92 Å². The number of halogens is 1. The summed E-state index contributed by atoms with van der Waals surface area (Å²) < 4.78 is 0. The molecule has 3 aromatic rings. The van der Waals surface area contributed by atoms with E-state index in [1.54, 1.807) is 0 Å². The van der Waals surface area contributed by atoms with Gasteiger partial charge >= 0.3 is 0 Å². The molecule has 0 saturated carbocycles. The zero-order valence-corrected chi connectivity index (χ0v) is 12.0. The first-order valence-corrected chi connectivity index (χ1v) is 6.93. The molecule has 0 aliphatic heterocycles. The third kappa shape index (κ3) is 2.75. The summed E-state index contributed by atoms with van der Waals surface area (Å²) in [7, 11) is 0. The maximum Gasteiger partial charge on any atom is 0.0410 e. The molecular formula is C17H15ClN2. The second-order valence-electron chi connectivity index (χ2n) is 4.87. The first kappa shape index (κ1) is 12.9. The van der Waals surface area contributed by atoms with Crippen molar-refractivity contribution in [3.05, 3.63) is 71.0 Å². The molecule has 1 heterocycles. The Morgan fingerprint density at radius 3 is 2.80 bits per heavy atom. The molecule has 0 radical (unpaired) electrons. The minimum absolute atomic E-state index is 0.770. The standard InChI is InChI=1S/C17H15ClN2/c1-12-8-16(18)4-5-17(12)20-10-13-2-3-15-11-19-7-6-14(15)9-13/h2-9,11,20H,10H2,1H3. The minimum atomic E-state index is 0.770.